The van der Waals surface area contributed by atoms with Gasteiger partial charge in [-0.1, -0.05) is 6.92 Å². The van der Waals surface area contributed by atoms with Crippen LogP contribution in [0.25, 0.3) is 0 Å². The maximum atomic E-state index is 11.6. The summed E-state index contributed by atoms with van der Waals surface area (Å²) < 4.78 is 23.1. The van der Waals surface area contributed by atoms with Crippen molar-refractivity contribution >= 4 is 9.84 Å². The van der Waals surface area contributed by atoms with Gasteiger partial charge in [-0.15, -0.1) is 0 Å². The van der Waals surface area contributed by atoms with E-state index in [0.717, 1.165) is 19.5 Å². The van der Waals surface area contributed by atoms with Crippen LogP contribution in [0, 0.1) is 5.92 Å². The van der Waals surface area contributed by atoms with Crippen LogP contribution in [0.4, 0.5) is 0 Å². The quantitative estimate of drug-likeness (QED) is 0.742. The Kier molecular flexibility index (Phi) is 5.21. The summed E-state index contributed by atoms with van der Waals surface area (Å²) >= 11 is 0. The lowest BCUT2D eigenvalue weighted by molar-refractivity contribution is 0.332. The van der Waals surface area contributed by atoms with Crippen molar-refractivity contribution in [2.75, 3.05) is 31.1 Å². The summed E-state index contributed by atoms with van der Waals surface area (Å²) in [6, 6.07) is 0.220. The third-order valence-corrected chi connectivity index (χ3v) is 5.12. The Bertz CT molecular complexity index is 301. The number of nitrogens with two attached hydrogens (primary N) is 1. The number of nitrogens with zero attached hydrogens (tertiary/aromatic N) is 1. The summed E-state index contributed by atoms with van der Waals surface area (Å²) in [6.07, 6.45) is 1.82. The Morgan fingerprint density at radius 1 is 1.44 bits per heavy atom. The Labute approximate surface area is 99.1 Å². The first-order valence-electron chi connectivity index (χ1n) is 6.13. The molecule has 1 heterocycles. The minimum absolute atomic E-state index is 0.220. The van der Waals surface area contributed by atoms with Gasteiger partial charge in [-0.25, -0.2) is 8.42 Å². The van der Waals surface area contributed by atoms with Crippen LogP contribution < -0.4 is 5.73 Å². The average molecular weight is 248 g/mol. The lowest BCUT2D eigenvalue weighted by atomic mass is 10.0. The molecule has 0 aromatic heterocycles. The molecule has 2 N–H and O–H groups in total. The Hall–Kier alpha value is -0.130. The molecular weight excluding hydrogens is 224 g/mol. The van der Waals surface area contributed by atoms with Gasteiger partial charge in [-0.3, -0.25) is 0 Å². The SMILES string of the molecule is CCCS(=O)(=O)CCN1CCC(C(C)N)C1. The molecule has 1 fully saturated rings. The van der Waals surface area contributed by atoms with Crippen LogP contribution in [0.2, 0.25) is 0 Å². The molecule has 0 spiro atoms. The number of hydrogen-bond acceptors (Lipinski definition) is 4. The molecule has 1 aliphatic heterocycles. The third-order valence-electron chi connectivity index (χ3n) is 3.29. The van der Waals surface area contributed by atoms with Gasteiger partial charge < -0.3 is 10.6 Å². The lowest BCUT2D eigenvalue weighted by Gasteiger charge is -2.17. The largest absolute Gasteiger partial charge is 0.328 e. The Morgan fingerprint density at radius 2 is 2.12 bits per heavy atom. The van der Waals surface area contributed by atoms with Crippen LogP contribution in [0.1, 0.15) is 26.7 Å². The van der Waals surface area contributed by atoms with E-state index in [4.69, 9.17) is 5.73 Å². The molecule has 0 saturated carbocycles. The van der Waals surface area contributed by atoms with E-state index < -0.39 is 9.84 Å². The minimum atomic E-state index is -2.83. The van der Waals surface area contributed by atoms with E-state index in [0.29, 0.717) is 30.4 Å². The van der Waals surface area contributed by atoms with Gasteiger partial charge in [0.15, 0.2) is 9.84 Å². The number of sulfone groups is 1. The third kappa shape index (κ3) is 4.39. The van der Waals surface area contributed by atoms with E-state index in [9.17, 15) is 8.42 Å². The molecule has 16 heavy (non-hydrogen) atoms. The van der Waals surface area contributed by atoms with E-state index in [2.05, 4.69) is 4.90 Å². The van der Waals surface area contributed by atoms with E-state index in [1.807, 2.05) is 13.8 Å². The van der Waals surface area contributed by atoms with Crippen LogP contribution in [0.15, 0.2) is 0 Å². The number of hydrogen-bond donors (Lipinski definition) is 1. The van der Waals surface area contributed by atoms with Crippen LogP contribution >= 0.6 is 0 Å². The van der Waals surface area contributed by atoms with E-state index in [-0.39, 0.29) is 6.04 Å². The fraction of sp³-hybridized carbons (Fsp3) is 1.00. The van der Waals surface area contributed by atoms with Gasteiger partial charge >= 0.3 is 0 Å². The van der Waals surface area contributed by atoms with Crippen molar-refractivity contribution < 1.29 is 8.42 Å². The molecule has 2 atom stereocenters. The molecule has 0 aromatic rings. The maximum Gasteiger partial charge on any atom is 0.151 e. The smallest absolute Gasteiger partial charge is 0.151 e. The molecule has 1 saturated heterocycles. The fourth-order valence-electron chi connectivity index (χ4n) is 2.18. The van der Waals surface area contributed by atoms with Gasteiger partial charge in [0.1, 0.15) is 0 Å². The molecule has 4 nitrogen and oxygen atoms in total. The van der Waals surface area contributed by atoms with Gasteiger partial charge in [0.2, 0.25) is 0 Å². The van der Waals surface area contributed by atoms with E-state index in [1.165, 1.54) is 0 Å². The zero-order valence-corrected chi connectivity index (χ0v) is 11.2. The first kappa shape index (κ1) is 13.9. The number of likely N-dealkylation sites (tertiary alicyclic amines) is 1. The molecule has 5 heteroatoms. The molecule has 1 rings (SSSR count). The van der Waals surface area contributed by atoms with Gasteiger partial charge in [-0.2, -0.15) is 0 Å². The lowest BCUT2D eigenvalue weighted by Crippen LogP contribution is -2.32. The molecule has 0 bridgehead atoms. The predicted octanol–water partition coefficient (Wildman–Crippen LogP) is 0.480. The highest BCUT2D eigenvalue weighted by molar-refractivity contribution is 7.91. The second-order valence-electron chi connectivity index (χ2n) is 4.86. The second kappa shape index (κ2) is 5.98. The fourth-order valence-corrected chi connectivity index (χ4v) is 3.54. The highest BCUT2D eigenvalue weighted by Crippen LogP contribution is 2.18. The summed E-state index contributed by atoms with van der Waals surface area (Å²) in [5.74, 6) is 1.15. The zero-order valence-electron chi connectivity index (χ0n) is 10.4. The minimum Gasteiger partial charge on any atom is -0.328 e. The summed E-state index contributed by atoms with van der Waals surface area (Å²) in [5, 5.41) is 0. The molecule has 0 aliphatic carbocycles. The Morgan fingerprint density at radius 3 is 2.62 bits per heavy atom. The second-order valence-corrected chi connectivity index (χ2v) is 7.16. The topological polar surface area (TPSA) is 63.4 Å². The first-order valence-corrected chi connectivity index (χ1v) is 7.95. The highest BCUT2D eigenvalue weighted by Gasteiger charge is 2.25. The van der Waals surface area contributed by atoms with Crippen molar-refractivity contribution in [3.63, 3.8) is 0 Å². The molecule has 0 amide bonds. The van der Waals surface area contributed by atoms with Crippen molar-refractivity contribution in [2.45, 2.75) is 32.7 Å². The summed E-state index contributed by atoms with van der Waals surface area (Å²) in [7, 11) is -2.83. The standard InChI is InChI=1S/C11H24N2O2S/c1-3-7-16(14,15)8-6-13-5-4-11(9-13)10(2)12/h10-11H,3-9,12H2,1-2H3. The first-order chi connectivity index (χ1) is 7.44. The summed E-state index contributed by atoms with van der Waals surface area (Å²) in [4.78, 5) is 2.22. The van der Waals surface area contributed by atoms with Crippen LogP contribution in [-0.4, -0.2) is 50.5 Å². The van der Waals surface area contributed by atoms with E-state index in [1.54, 1.807) is 0 Å². The highest BCUT2D eigenvalue weighted by atomic mass is 32.2. The molecule has 0 aromatic carbocycles. The monoisotopic (exact) mass is 248 g/mol. The van der Waals surface area contributed by atoms with Crippen molar-refractivity contribution in [3.05, 3.63) is 0 Å². The summed E-state index contributed by atoms with van der Waals surface area (Å²) in [6.45, 7) is 6.56. The van der Waals surface area contributed by atoms with E-state index >= 15 is 0 Å². The van der Waals surface area contributed by atoms with Gasteiger partial charge in [0.25, 0.3) is 0 Å². The van der Waals surface area contributed by atoms with Crippen molar-refractivity contribution in [1.29, 1.82) is 0 Å². The molecule has 96 valence electrons. The van der Waals surface area contributed by atoms with Crippen LogP contribution in [0.5, 0.6) is 0 Å². The number of rotatable bonds is 6. The van der Waals surface area contributed by atoms with Gasteiger partial charge in [-0.05, 0) is 32.2 Å². The molecule has 1 aliphatic rings. The van der Waals surface area contributed by atoms with Crippen LogP contribution in [0.3, 0.4) is 0 Å². The molecule has 0 radical (unpaired) electrons. The van der Waals surface area contributed by atoms with Crippen molar-refractivity contribution in [1.82, 2.24) is 4.90 Å². The molecule has 2 unspecified atom stereocenters. The Balaban J connectivity index is 2.30. The van der Waals surface area contributed by atoms with Crippen molar-refractivity contribution in [3.8, 4) is 0 Å². The van der Waals surface area contributed by atoms with Gasteiger partial charge in [0.05, 0.1) is 5.75 Å². The maximum absolute atomic E-state index is 11.6. The van der Waals surface area contributed by atoms with Crippen LogP contribution in [-0.2, 0) is 9.84 Å². The summed E-state index contributed by atoms with van der Waals surface area (Å²) in [5.41, 5.74) is 5.84. The predicted molar refractivity (Wildman–Crippen MR) is 67.1 cm³/mol. The van der Waals surface area contributed by atoms with Gasteiger partial charge in [0, 0.05) is 24.9 Å². The normalized spacial score (nSPS) is 24.8. The average Bonchev–Trinajstić information content (AvgIpc) is 2.63. The van der Waals surface area contributed by atoms with Crippen molar-refractivity contribution in [2.24, 2.45) is 11.7 Å². The molecular formula is C11H24N2O2S. The zero-order chi connectivity index (χ0) is 12.2.